The van der Waals surface area contributed by atoms with E-state index in [2.05, 4.69) is 43.9 Å². The fourth-order valence-electron chi connectivity index (χ4n) is 3.76. The fraction of sp³-hybridized carbons (Fsp3) is 0.304. The smallest absolute Gasteiger partial charge is 0.203 e. The molecule has 0 saturated heterocycles. The standard InChI is InChI=1S/C23H26N10/c1-14(2)26-21-23-30-29-15(3)32(23)13-18(27-21)22-28-17-11-25-20(31(4)5)10-19(17)33(22)12-16-8-6-7-9-24-16/h6-11,13-14H,12H2,1-5H3,(H,26,27). The van der Waals surface area contributed by atoms with Crippen LogP contribution in [0.5, 0.6) is 0 Å². The van der Waals surface area contributed by atoms with Crippen LogP contribution in [0, 0.1) is 6.92 Å². The molecule has 0 bridgehead atoms. The van der Waals surface area contributed by atoms with Gasteiger partial charge in [0.25, 0.3) is 0 Å². The van der Waals surface area contributed by atoms with Crippen molar-refractivity contribution in [2.75, 3.05) is 24.3 Å². The first kappa shape index (κ1) is 20.8. The molecule has 0 saturated carbocycles. The summed E-state index contributed by atoms with van der Waals surface area (Å²) in [6.07, 6.45) is 5.54. The highest BCUT2D eigenvalue weighted by atomic mass is 15.3. The van der Waals surface area contributed by atoms with Crippen molar-refractivity contribution < 1.29 is 0 Å². The highest BCUT2D eigenvalue weighted by molar-refractivity contribution is 5.82. The molecule has 168 valence electrons. The third-order valence-corrected chi connectivity index (χ3v) is 5.34. The summed E-state index contributed by atoms with van der Waals surface area (Å²) in [5.74, 6) is 3.04. The minimum absolute atomic E-state index is 0.188. The number of imidazole rings is 1. The molecule has 5 heterocycles. The van der Waals surface area contributed by atoms with Gasteiger partial charge in [0.1, 0.15) is 22.9 Å². The van der Waals surface area contributed by atoms with Gasteiger partial charge >= 0.3 is 0 Å². The van der Waals surface area contributed by atoms with E-state index in [9.17, 15) is 0 Å². The third kappa shape index (κ3) is 3.84. The van der Waals surface area contributed by atoms with Crippen molar-refractivity contribution in [1.29, 1.82) is 0 Å². The summed E-state index contributed by atoms with van der Waals surface area (Å²) in [5.41, 5.74) is 4.10. The molecule has 5 rings (SSSR count). The van der Waals surface area contributed by atoms with E-state index >= 15 is 0 Å². The van der Waals surface area contributed by atoms with E-state index in [1.165, 1.54) is 0 Å². The Labute approximate surface area is 191 Å². The number of hydrogen-bond donors (Lipinski definition) is 1. The molecule has 0 atom stereocenters. The zero-order chi connectivity index (χ0) is 23.1. The first-order valence-electron chi connectivity index (χ1n) is 10.8. The van der Waals surface area contributed by atoms with Crippen LogP contribution >= 0.6 is 0 Å². The second kappa shape index (κ2) is 8.12. The molecule has 0 amide bonds. The summed E-state index contributed by atoms with van der Waals surface area (Å²) in [4.78, 5) is 20.9. The van der Waals surface area contributed by atoms with Crippen LogP contribution in [0.1, 0.15) is 25.4 Å². The summed E-state index contributed by atoms with van der Waals surface area (Å²) in [6, 6.07) is 8.15. The molecule has 0 aromatic carbocycles. The van der Waals surface area contributed by atoms with Crippen LogP contribution in [0.2, 0.25) is 0 Å². The summed E-state index contributed by atoms with van der Waals surface area (Å²) in [5, 5.41) is 11.9. The number of rotatable bonds is 6. The van der Waals surface area contributed by atoms with Gasteiger partial charge < -0.3 is 14.8 Å². The van der Waals surface area contributed by atoms with Crippen LogP contribution in [0.15, 0.2) is 42.9 Å². The zero-order valence-electron chi connectivity index (χ0n) is 19.4. The van der Waals surface area contributed by atoms with Crippen LogP contribution < -0.4 is 10.2 Å². The van der Waals surface area contributed by atoms with Crippen molar-refractivity contribution in [3.63, 3.8) is 0 Å². The fourth-order valence-corrected chi connectivity index (χ4v) is 3.76. The van der Waals surface area contributed by atoms with Gasteiger partial charge in [-0.05, 0) is 32.9 Å². The molecule has 0 aliphatic carbocycles. The molecule has 0 unspecified atom stereocenters. The number of hydrogen-bond acceptors (Lipinski definition) is 8. The molecule has 0 radical (unpaired) electrons. The van der Waals surface area contributed by atoms with Crippen molar-refractivity contribution in [2.45, 2.75) is 33.4 Å². The average molecular weight is 443 g/mol. The quantitative estimate of drug-likeness (QED) is 0.428. The molecule has 5 aromatic heterocycles. The molecular formula is C23H26N10. The summed E-state index contributed by atoms with van der Waals surface area (Å²) < 4.78 is 4.08. The van der Waals surface area contributed by atoms with Gasteiger partial charge in [-0.1, -0.05) is 6.07 Å². The summed E-state index contributed by atoms with van der Waals surface area (Å²) in [7, 11) is 3.95. The number of nitrogens with one attached hydrogen (secondary N) is 1. The Morgan fingerprint density at radius 2 is 1.94 bits per heavy atom. The third-order valence-electron chi connectivity index (χ3n) is 5.34. The van der Waals surface area contributed by atoms with Crippen molar-refractivity contribution >= 4 is 28.3 Å². The maximum Gasteiger partial charge on any atom is 0.203 e. The van der Waals surface area contributed by atoms with Crippen LogP contribution in [0.3, 0.4) is 0 Å². The second-order valence-electron chi connectivity index (χ2n) is 8.48. The minimum atomic E-state index is 0.188. The molecule has 33 heavy (non-hydrogen) atoms. The van der Waals surface area contributed by atoms with Crippen molar-refractivity contribution in [3.05, 3.63) is 54.4 Å². The molecule has 10 nitrogen and oxygen atoms in total. The van der Waals surface area contributed by atoms with E-state index in [0.29, 0.717) is 23.7 Å². The van der Waals surface area contributed by atoms with Gasteiger partial charge in [-0.2, -0.15) is 0 Å². The lowest BCUT2D eigenvalue weighted by Crippen LogP contribution is -2.14. The van der Waals surface area contributed by atoms with Crippen molar-refractivity contribution in [2.24, 2.45) is 0 Å². The Balaban J connectivity index is 1.76. The van der Waals surface area contributed by atoms with E-state index in [1.54, 1.807) is 12.4 Å². The number of pyridine rings is 2. The number of fused-ring (bicyclic) bond motifs is 2. The average Bonchev–Trinajstić information content (AvgIpc) is 3.34. The van der Waals surface area contributed by atoms with Gasteiger partial charge in [0.05, 0.1) is 24.0 Å². The maximum absolute atomic E-state index is 4.93. The predicted molar refractivity (Wildman–Crippen MR) is 128 cm³/mol. The lowest BCUT2D eigenvalue weighted by Gasteiger charge is -2.14. The van der Waals surface area contributed by atoms with Gasteiger partial charge in [-0.3, -0.25) is 9.38 Å². The highest BCUT2D eigenvalue weighted by Crippen LogP contribution is 2.28. The Hall–Kier alpha value is -4.08. The molecule has 1 N–H and O–H groups in total. The number of nitrogens with zero attached hydrogens (tertiary/aromatic N) is 9. The van der Waals surface area contributed by atoms with E-state index in [1.807, 2.05) is 60.8 Å². The number of aryl methyl sites for hydroxylation is 1. The van der Waals surface area contributed by atoms with Crippen LogP contribution in [0.25, 0.3) is 28.2 Å². The molecule has 0 spiro atoms. The lowest BCUT2D eigenvalue weighted by molar-refractivity contribution is 0.800. The molecule has 10 heteroatoms. The Morgan fingerprint density at radius 1 is 1.09 bits per heavy atom. The first-order valence-corrected chi connectivity index (χ1v) is 10.8. The largest absolute Gasteiger partial charge is 0.365 e. The molecule has 5 aromatic rings. The van der Waals surface area contributed by atoms with Crippen molar-refractivity contribution in [3.8, 4) is 11.5 Å². The van der Waals surface area contributed by atoms with E-state index in [0.717, 1.165) is 34.2 Å². The molecular weight excluding hydrogens is 416 g/mol. The van der Waals surface area contributed by atoms with Gasteiger partial charge in [-0.25, -0.2) is 15.0 Å². The van der Waals surface area contributed by atoms with Gasteiger partial charge in [0.15, 0.2) is 11.6 Å². The Morgan fingerprint density at radius 3 is 2.67 bits per heavy atom. The zero-order valence-corrected chi connectivity index (χ0v) is 19.4. The lowest BCUT2D eigenvalue weighted by atomic mass is 10.3. The first-order chi connectivity index (χ1) is 15.9. The SMILES string of the molecule is Cc1nnc2c(NC(C)C)nc(-c3nc4cnc(N(C)C)cc4n3Cc3ccccn3)cn12. The van der Waals surface area contributed by atoms with E-state index in [4.69, 9.17) is 9.97 Å². The monoisotopic (exact) mass is 442 g/mol. The second-order valence-corrected chi connectivity index (χ2v) is 8.48. The number of aromatic nitrogens is 8. The van der Waals surface area contributed by atoms with Gasteiger partial charge in [0.2, 0.25) is 5.65 Å². The normalized spacial score (nSPS) is 11.6. The molecule has 0 fully saturated rings. The predicted octanol–water partition coefficient (Wildman–Crippen LogP) is 3.17. The van der Waals surface area contributed by atoms with Crippen LogP contribution in [-0.4, -0.2) is 59.2 Å². The molecule has 0 aliphatic rings. The maximum atomic E-state index is 4.93. The van der Waals surface area contributed by atoms with E-state index in [-0.39, 0.29) is 6.04 Å². The molecule has 0 aliphatic heterocycles. The van der Waals surface area contributed by atoms with Crippen LogP contribution in [-0.2, 0) is 6.54 Å². The highest BCUT2D eigenvalue weighted by Gasteiger charge is 2.20. The minimum Gasteiger partial charge on any atom is -0.365 e. The summed E-state index contributed by atoms with van der Waals surface area (Å²) >= 11 is 0. The Bertz CT molecular complexity index is 1430. The van der Waals surface area contributed by atoms with Gasteiger partial charge in [-0.15, -0.1) is 10.2 Å². The summed E-state index contributed by atoms with van der Waals surface area (Å²) in [6.45, 7) is 6.61. The van der Waals surface area contributed by atoms with E-state index < -0.39 is 0 Å². The topological polar surface area (TPSA) is 102 Å². The van der Waals surface area contributed by atoms with Gasteiger partial charge in [0, 0.05) is 38.6 Å². The van der Waals surface area contributed by atoms with Crippen molar-refractivity contribution in [1.82, 2.24) is 39.1 Å². The number of anilines is 2. The Kier molecular flexibility index (Phi) is 5.12. The van der Waals surface area contributed by atoms with Crippen LogP contribution in [0.4, 0.5) is 11.6 Å².